The highest BCUT2D eigenvalue weighted by Crippen LogP contribution is 2.44. The summed E-state index contributed by atoms with van der Waals surface area (Å²) in [5.41, 5.74) is 4.19. The van der Waals surface area contributed by atoms with Crippen LogP contribution in [0.5, 0.6) is 0 Å². The lowest BCUT2D eigenvalue weighted by Crippen LogP contribution is -2.52. The van der Waals surface area contributed by atoms with Crippen LogP contribution < -0.4 is 10.6 Å². The van der Waals surface area contributed by atoms with Gasteiger partial charge in [0.15, 0.2) is 0 Å². The second-order valence-electron chi connectivity index (χ2n) is 9.98. The van der Waals surface area contributed by atoms with Gasteiger partial charge in [0.1, 0.15) is 18.7 Å². The highest BCUT2D eigenvalue weighted by atomic mass is 16.5. The Morgan fingerprint density at radius 1 is 0.941 bits per heavy atom. The van der Waals surface area contributed by atoms with E-state index in [4.69, 9.17) is 4.74 Å². The maximum absolute atomic E-state index is 12.8. The molecular formula is C27H34N2O5. The van der Waals surface area contributed by atoms with Crippen molar-refractivity contribution < 1.29 is 24.2 Å². The SMILES string of the molecule is CCCC(NC(=O)OCC1c2ccccc2-c2ccccc21)C(=O)NC(CC(C)(C)C)C(=O)O. The molecule has 0 radical (unpaired) electrons. The van der Waals surface area contributed by atoms with Gasteiger partial charge < -0.3 is 20.5 Å². The van der Waals surface area contributed by atoms with Crippen molar-refractivity contribution >= 4 is 18.0 Å². The number of alkyl carbamates (subject to hydrolysis) is 1. The van der Waals surface area contributed by atoms with Crippen molar-refractivity contribution in [3.8, 4) is 11.1 Å². The van der Waals surface area contributed by atoms with Crippen LogP contribution >= 0.6 is 0 Å². The van der Waals surface area contributed by atoms with Gasteiger partial charge in [-0.25, -0.2) is 9.59 Å². The molecular weight excluding hydrogens is 432 g/mol. The molecule has 2 unspecified atom stereocenters. The van der Waals surface area contributed by atoms with Crippen molar-refractivity contribution in [1.82, 2.24) is 10.6 Å². The molecule has 0 heterocycles. The van der Waals surface area contributed by atoms with Gasteiger partial charge in [0, 0.05) is 5.92 Å². The molecule has 0 aromatic heterocycles. The fourth-order valence-electron chi connectivity index (χ4n) is 4.42. The molecule has 34 heavy (non-hydrogen) atoms. The van der Waals surface area contributed by atoms with Gasteiger partial charge in [0.05, 0.1) is 0 Å². The molecule has 7 heteroatoms. The summed E-state index contributed by atoms with van der Waals surface area (Å²) in [6, 6.07) is 14.2. The number of nitrogens with one attached hydrogen (secondary N) is 2. The van der Waals surface area contributed by atoms with E-state index in [1.165, 1.54) is 0 Å². The van der Waals surface area contributed by atoms with Gasteiger partial charge in [-0.1, -0.05) is 82.6 Å². The second kappa shape index (κ2) is 10.7. The van der Waals surface area contributed by atoms with Crippen LogP contribution in [0.25, 0.3) is 11.1 Å². The third-order valence-corrected chi connectivity index (χ3v) is 5.96. The summed E-state index contributed by atoms with van der Waals surface area (Å²) in [6.07, 6.45) is 0.590. The quantitative estimate of drug-likeness (QED) is 0.497. The Morgan fingerprint density at radius 2 is 1.50 bits per heavy atom. The largest absolute Gasteiger partial charge is 0.480 e. The van der Waals surface area contributed by atoms with Crippen LogP contribution in [-0.2, 0) is 14.3 Å². The average Bonchev–Trinajstić information content (AvgIpc) is 3.09. The number of ether oxygens (including phenoxy) is 1. The zero-order chi connectivity index (χ0) is 24.9. The number of hydrogen-bond donors (Lipinski definition) is 3. The standard InChI is InChI=1S/C27H34N2O5/c1-5-10-22(24(30)28-23(25(31)32)15-27(2,3)4)29-26(33)34-16-21-19-13-8-6-11-17(19)18-12-7-9-14-20(18)21/h6-9,11-14,21-23H,5,10,15-16H2,1-4H3,(H,28,30)(H,29,33)(H,31,32). The molecule has 2 aromatic carbocycles. The molecule has 2 amide bonds. The molecule has 2 aromatic rings. The van der Waals surface area contributed by atoms with E-state index in [0.717, 1.165) is 22.3 Å². The third-order valence-electron chi connectivity index (χ3n) is 5.96. The fourth-order valence-corrected chi connectivity index (χ4v) is 4.42. The van der Waals surface area contributed by atoms with E-state index in [0.29, 0.717) is 12.8 Å². The van der Waals surface area contributed by atoms with Gasteiger partial charge in [-0.15, -0.1) is 0 Å². The molecule has 0 aliphatic heterocycles. The monoisotopic (exact) mass is 466 g/mol. The average molecular weight is 467 g/mol. The number of hydrogen-bond acceptors (Lipinski definition) is 4. The maximum atomic E-state index is 12.8. The number of carbonyl (C=O) groups excluding carboxylic acids is 2. The molecule has 0 spiro atoms. The Bertz CT molecular complexity index is 998. The number of fused-ring (bicyclic) bond motifs is 3. The highest BCUT2D eigenvalue weighted by Gasteiger charge is 2.31. The Labute approximate surface area is 200 Å². The molecule has 1 aliphatic rings. The van der Waals surface area contributed by atoms with Crippen LogP contribution in [-0.4, -0.2) is 41.8 Å². The molecule has 0 fully saturated rings. The molecule has 0 saturated carbocycles. The molecule has 3 rings (SSSR count). The first-order valence-electron chi connectivity index (χ1n) is 11.8. The van der Waals surface area contributed by atoms with E-state index in [9.17, 15) is 19.5 Å². The first-order valence-corrected chi connectivity index (χ1v) is 11.8. The summed E-state index contributed by atoms with van der Waals surface area (Å²) in [5, 5.41) is 14.7. The summed E-state index contributed by atoms with van der Waals surface area (Å²) in [6.45, 7) is 7.76. The summed E-state index contributed by atoms with van der Waals surface area (Å²) in [5.74, 6) is -1.70. The van der Waals surface area contributed by atoms with E-state index in [2.05, 4.69) is 22.8 Å². The summed E-state index contributed by atoms with van der Waals surface area (Å²) < 4.78 is 5.55. The number of benzene rings is 2. The first kappa shape index (κ1) is 25.3. The van der Waals surface area contributed by atoms with Crippen LogP contribution in [0.2, 0.25) is 0 Å². The molecule has 1 aliphatic carbocycles. The van der Waals surface area contributed by atoms with Crippen molar-refractivity contribution in [2.75, 3.05) is 6.61 Å². The number of aliphatic carboxylic acids is 1. The van der Waals surface area contributed by atoms with Crippen LogP contribution in [0.4, 0.5) is 4.79 Å². The van der Waals surface area contributed by atoms with E-state index in [-0.39, 0.29) is 24.4 Å². The van der Waals surface area contributed by atoms with Gasteiger partial charge in [-0.2, -0.15) is 0 Å². The number of rotatable bonds is 9. The van der Waals surface area contributed by atoms with Crippen molar-refractivity contribution in [2.45, 2.75) is 65.0 Å². The van der Waals surface area contributed by atoms with Crippen molar-refractivity contribution in [2.24, 2.45) is 5.41 Å². The summed E-state index contributed by atoms with van der Waals surface area (Å²) in [7, 11) is 0. The Kier molecular flexibility index (Phi) is 7.97. The van der Waals surface area contributed by atoms with Crippen molar-refractivity contribution in [3.63, 3.8) is 0 Å². The van der Waals surface area contributed by atoms with Crippen LogP contribution in [0.3, 0.4) is 0 Å². The molecule has 2 atom stereocenters. The molecule has 182 valence electrons. The molecule has 7 nitrogen and oxygen atoms in total. The topological polar surface area (TPSA) is 105 Å². The van der Waals surface area contributed by atoms with Crippen LogP contribution in [0, 0.1) is 5.41 Å². The number of carboxylic acids is 1. The highest BCUT2D eigenvalue weighted by molar-refractivity contribution is 5.89. The van der Waals surface area contributed by atoms with Gasteiger partial charge in [0.2, 0.25) is 5.91 Å². The third kappa shape index (κ3) is 6.16. The van der Waals surface area contributed by atoms with E-state index in [1.807, 2.05) is 64.1 Å². The Balaban J connectivity index is 1.64. The van der Waals surface area contributed by atoms with Gasteiger partial charge in [-0.05, 0) is 40.5 Å². The smallest absolute Gasteiger partial charge is 0.407 e. The normalized spacial score (nSPS) is 14.5. The fraction of sp³-hybridized carbons (Fsp3) is 0.444. The zero-order valence-electron chi connectivity index (χ0n) is 20.3. The molecule has 0 saturated heterocycles. The lowest BCUT2D eigenvalue weighted by molar-refractivity contribution is -0.143. The minimum Gasteiger partial charge on any atom is -0.480 e. The zero-order valence-corrected chi connectivity index (χ0v) is 20.3. The minimum absolute atomic E-state index is 0.0835. The van der Waals surface area contributed by atoms with Gasteiger partial charge >= 0.3 is 12.1 Å². The minimum atomic E-state index is -1.10. The van der Waals surface area contributed by atoms with Crippen molar-refractivity contribution in [3.05, 3.63) is 59.7 Å². The van der Waals surface area contributed by atoms with E-state index in [1.54, 1.807) is 0 Å². The van der Waals surface area contributed by atoms with E-state index >= 15 is 0 Å². The Hall–Kier alpha value is -3.35. The predicted octanol–water partition coefficient (Wildman–Crippen LogP) is 4.70. The number of carbonyl (C=O) groups is 3. The predicted molar refractivity (Wildman–Crippen MR) is 131 cm³/mol. The molecule has 3 N–H and O–H groups in total. The lowest BCUT2D eigenvalue weighted by atomic mass is 9.88. The maximum Gasteiger partial charge on any atom is 0.407 e. The summed E-state index contributed by atoms with van der Waals surface area (Å²) >= 11 is 0. The van der Waals surface area contributed by atoms with Crippen LogP contribution in [0.15, 0.2) is 48.5 Å². The second-order valence-corrected chi connectivity index (χ2v) is 9.98. The lowest BCUT2D eigenvalue weighted by Gasteiger charge is -2.26. The van der Waals surface area contributed by atoms with Gasteiger partial charge in [0.25, 0.3) is 0 Å². The van der Waals surface area contributed by atoms with Crippen molar-refractivity contribution in [1.29, 1.82) is 0 Å². The Morgan fingerprint density at radius 3 is 2.00 bits per heavy atom. The number of amides is 2. The molecule has 0 bridgehead atoms. The summed E-state index contributed by atoms with van der Waals surface area (Å²) in [4.78, 5) is 37.1. The van der Waals surface area contributed by atoms with Gasteiger partial charge in [-0.3, -0.25) is 4.79 Å². The number of carboxylic acid groups (broad SMARTS) is 1. The van der Waals surface area contributed by atoms with Crippen LogP contribution in [0.1, 0.15) is 64.0 Å². The van der Waals surface area contributed by atoms with E-state index < -0.39 is 30.1 Å². The first-order chi connectivity index (χ1) is 16.1.